The molecule has 0 spiro atoms. The monoisotopic (exact) mass is 401 g/mol. The van der Waals surface area contributed by atoms with Crippen molar-refractivity contribution in [1.82, 2.24) is 5.32 Å². The van der Waals surface area contributed by atoms with E-state index in [2.05, 4.69) is 5.32 Å². The Bertz CT molecular complexity index is 926. The molecule has 0 radical (unpaired) electrons. The Morgan fingerprint density at radius 2 is 1.50 bits per heavy atom. The maximum Gasteiger partial charge on any atom is 0.323 e. The summed E-state index contributed by atoms with van der Waals surface area (Å²) in [4.78, 5) is 12.5. The van der Waals surface area contributed by atoms with Gasteiger partial charge in [0, 0.05) is 0 Å². The average molecular weight is 402 g/mol. The van der Waals surface area contributed by atoms with Crippen molar-refractivity contribution in [3.8, 4) is 0 Å². The van der Waals surface area contributed by atoms with Gasteiger partial charge in [-0.2, -0.15) is 0 Å². The van der Waals surface area contributed by atoms with Crippen LogP contribution in [0.25, 0.3) is 6.08 Å². The molecule has 0 fully saturated rings. The van der Waals surface area contributed by atoms with Crippen LogP contribution in [0.4, 0.5) is 0 Å². The molecule has 4 heteroatoms. The third-order valence-corrected chi connectivity index (χ3v) is 4.94. The summed E-state index contributed by atoms with van der Waals surface area (Å²) in [5.74, 6) is -0.364. The first-order valence-corrected chi connectivity index (χ1v) is 10.0. The number of methoxy groups -OCH3 is 1. The van der Waals surface area contributed by atoms with Gasteiger partial charge in [-0.25, -0.2) is 0 Å². The molecule has 0 aliphatic carbocycles. The van der Waals surface area contributed by atoms with Crippen molar-refractivity contribution < 1.29 is 14.6 Å². The van der Waals surface area contributed by atoms with Gasteiger partial charge in [-0.3, -0.25) is 10.1 Å². The van der Waals surface area contributed by atoms with Crippen LogP contribution in [0.2, 0.25) is 0 Å². The smallest absolute Gasteiger partial charge is 0.323 e. The van der Waals surface area contributed by atoms with E-state index < -0.39 is 18.2 Å². The fourth-order valence-electron chi connectivity index (χ4n) is 3.32. The molecule has 30 heavy (non-hydrogen) atoms. The Morgan fingerprint density at radius 1 is 0.933 bits per heavy atom. The Morgan fingerprint density at radius 3 is 2.10 bits per heavy atom. The highest BCUT2D eigenvalue weighted by atomic mass is 16.5. The first-order valence-electron chi connectivity index (χ1n) is 10.0. The van der Waals surface area contributed by atoms with Crippen molar-refractivity contribution in [1.29, 1.82) is 0 Å². The highest BCUT2D eigenvalue weighted by molar-refractivity contribution is 5.76. The van der Waals surface area contributed by atoms with E-state index in [9.17, 15) is 9.90 Å². The van der Waals surface area contributed by atoms with Crippen LogP contribution in [0.15, 0.2) is 97.1 Å². The number of esters is 1. The van der Waals surface area contributed by atoms with Crippen molar-refractivity contribution in [3.05, 3.63) is 114 Å². The third-order valence-electron chi connectivity index (χ3n) is 4.94. The Labute approximate surface area is 177 Å². The molecule has 0 aliphatic rings. The molecular weight excluding hydrogens is 374 g/mol. The van der Waals surface area contributed by atoms with E-state index >= 15 is 0 Å². The first kappa shape index (κ1) is 21.5. The topological polar surface area (TPSA) is 58.6 Å². The van der Waals surface area contributed by atoms with E-state index in [0.29, 0.717) is 6.42 Å². The highest BCUT2D eigenvalue weighted by Gasteiger charge is 2.26. The number of ether oxygens (including phenoxy) is 1. The Kier molecular flexibility index (Phi) is 7.95. The maximum atomic E-state index is 12.5. The molecule has 4 nitrogen and oxygen atoms in total. The van der Waals surface area contributed by atoms with Gasteiger partial charge in [0.2, 0.25) is 0 Å². The quantitative estimate of drug-likeness (QED) is 0.528. The molecule has 0 bridgehead atoms. The SMILES string of the molecule is COC(=O)[C@H](Cc1ccccc1)N[C@@H](/C=C/c1ccccc1)[C@@H](O)c1ccccc1. The molecule has 0 aliphatic heterocycles. The number of hydrogen-bond donors (Lipinski definition) is 2. The molecule has 3 atom stereocenters. The molecule has 0 heterocycles. The number of carbonyl (C=O) groups is 1. The van der Waals surface area contributed by atoms with Crippen molar-refractivity contribution in [2.24, 2.45) is 0 Å². The minimum Gasteiger partial charge on any atom is -0.468 e. The predicted octanol–water partition coefficient (Wildman–Crippen LogP) is 4.18. The number of nitrogens with one attached hydrogen (secondary N) is 1. The summed E-state index contributed by atoms with van der Waals surface area (Å²) in [6.07, 6.45) is 3.48. The minimum atomic E-state index is -0.825. The fourth-order valence-corrected chi connectivity index (χ4v) is 3.32. The van der Waals surface area contributed by atoms with Gasteiger partial charge in [0.1, 0.15) is 6.04 Å². The molecule has 0 saturated heterocycles. The van der Waals surface area contributed by atoms with Gasteiger partial charge in [-0.05, 0) is 23.1 Å². The Balaban J connectivity index is 1.86. The summed E-state index contributed by atoms with van der Waals surface area (Å²) in [6.45, 7) is 0. The molecule has 3 rings (SSSR count). The second kappa shape index (κ2) is 11.1. The van der Waals surface area contributed by atoms with Crippen LogP contribution in [0.5, 0.6) is 0 Å². The van der Waals surface area contributed by atoms with Crippen LogP contribution in [0.3, 0.4) is 0 Å². The summed E-state index contributed by atoms with van der Waals surface area (Å²) >= 11 is 0. The molecule has 0 unspecified atom stereocenters. The van der Waals surface area contributed by atoms with E-state index in [0.717, 1.165) is 16.7 Å². The molecule has 0 amide bonds. The number of benzene rings is 3. The Hall–Kier alpha value is -3.21. The van der Waals surface area contributed by atoms with E-state index in [1.54, 1.807) is 0 Å². The minimum absolute atomic E-state index is 0.364. The summed E-state index contributed by atoms with van der Waals surface area (Å²) < 4.78 is 5.03. The number of aliphatic hydroxyl groups excluding tert-OH is 1. The van der Waals surface area contributed by atoms with Crippen LogP contribution >= 0.6 is 0 Å². The van der Waals surface area contributed by atoms with Gasteiger partial charge in [-0.15, -0.1) is 0 Å². The number of carbonyl (C=O) groups excluding carboxylic acids is 1. The lowest BCUT2D eigenvalue weighted by Crippen LogP contribution is -2.47. The lowest BCUT2D eigenvalue weighted by Gasteiger charge is -2.26. The zero-order chi connectivity index (χ0) is 21.2. The summed E-state index contributed by atoms with van der Waals surface area (Å²) in [7, 11) is 1.38. The van der Waals surface area contributed by atoms with Gasteiger partial charge >= 0.3 is 5.97 Å². The zero-order valence-electron chi connectivity index (χ0n) is 17.0. The zero-order valence-corrected chi connectivity index (χ0v) is 17.0. The second-order valence-corrected chi connectivity index (χ2v) is 7.08. The molecule has 2 N–H and O–H groups in total. The summed E-state index contributed by atoms with van der Waals surface area (Å²) in [5, 5.41) is 14.4. The summed E-state index contributed by atoms with van der Waals surface area (Å²) in [6, 6.07) is 28.0. The fraction of sp³-hybridized carbons (Fsp3) is 0.192. The highest BCUT2D eigenvalue weighted by Crippen LogP contribution is 2.20. The number of aliphatic hydroxyl groups is 1. The van der Waals surface area contributed by atoms with Crippen molar-refractivity contribution in [3.63, 3.8) is 0 Å². The lowest BCUT2D eigenvalue weighted by atomic mass is 9.98. The molecule has 0 saturated carbocycles. The normalized spacial score (nSPS) is 14.2. The maximum absolute atomic E-state index is 12.5. The van der Waals surface area contributed by atoms with E-state index in [1.807, 2.05) is 103 Å². The van der Waals surface area contributed by atoms with Gasteiger partial charge in [0.05, 0.1) is 19.3 Å². The van der Waals surface area contributed by atoms with Crippen molar-refractivity contribution in [2.75, 3.05) is 7.11 Å². The van der Waals surface area contributed by atoms with E-state index in [-0.39, 0.29) is 5.97 Å². The second-order valence-electron chi connectivity index (χ2n) is 7.08. The standard InChI is InChI=1S/C26H27NO3/c1-30-26(29)24(19-21-13-7-3-8-14-21)27-23(18-17-20-11-5-2-6-12-20)25(28)22-15-9-4-10-16-22/h2-18,23-25,27-28H,19H2,1H3/b18-17+/t23-,24-,25-/m0/s1. The molecule has 3 aromatic rings. The van der Waals surface area contributed by atoms with E-state index in [4.69, 9.17) is 4.74 Å². The van der Waals surface area contributed by atoms with Crippen molar-refractivity contribution >= 4 is 12.0 Å². The van der Waals surface area contributed by atoms with Crippen LogP contribution in [0, 0.1) is 0 Å². The van der Waals surface area contributed by atoms with Gasteiger partial charge in [-0.1, -0.05) is 103 Å². The van der Waals surface area contributed by atoms with Crippen LogP contribution in [-0.2, 0) is 16.0 Å². The molecule has 0 aromatic heterocycles. The van der Waals surface area contributed by atoms with Crippen LogP contribution in [0.1, 0.15) is 22.8 Å². The van der Waals surface area contributed by atoms with Gasteiger partial charge in [0.25, 0.3) is 0 Å². The predicted molar refractivity (Wildman–Crippen MR) is 120 cm³/mol. The van der Waals surface area contributed by atoms with Crippen LogP contribution in [-0.4, -0.2) is 30.3 Å². The largest absolute Gasteiger partial charge is 0.468 e. The summed E-state index contributed by atoms with van der Waals surface area (Å²) in [5.41, 5.74) is 2.80. The third kappa shape index (κ3) is 6.14. The van der Waals surface area contributed by atoms with Crippen LogP contribution < -0.4 is 5.32 Å². The first-order chi connectivity index (χ1) is 14.7. The average Bonchev–Trinajstić information content (AvgIpc) is 2.82. The number of hydrogen-bond acceptors (Lipinski definition) is 4. The van der Waals surface area contributed by atoms with Crippen molar-refractivity contribution in [2.45, 2.75) is 24.6 Å². The molecular formula is C26H27NO3. The van der Waals surface area contributed by atoms with E-state index in [1.165, 1.54) is 7.11 Å². The number of rotatable bonds is 9. The molecule has 3 aromatic carbocycles. The molecule has 154 valence electrons. The van der Waals surface area contributed by atoms with Gasteiger partial charge in [0.15, 0.2) is 0 Å². The van der Waals surface area contributed by atoms with Gasteiger partial charge < -0.3 is 9.84 Å². The lowest BCUT2D eigenvalue weighted by molar-refractivity contribution is -0.143.